The van der Waals surface area contributed by atoms with Crippen LogP contribution in [0.3, 0.4) is 0 Å². The third-order valence-corrected chi connectivity index (χ3v) is 5.89. The standard InChI is InChI=1S/C20H27N3O3S/c1-26-18-7-3-2-5-16(18)6-4-9-22-10-8-21-20(25)17(22)15-19(24)23-11-13-27-14-12-23/h2-7,17H,8-15H2,1H3,(H,21,25)/b6-4+/t17-/m1/s1. The maximum Gasteiger partial charge on any atom is 0.237 e. The van der Waals surface area contributed by atoms with Gasteiger partial charge in [0.25, 0.3) is 0 Å². The summed E-state index contributed by atoms with van der Waals surface area (Å²) in [4.78, 5) is 29.0. The molecule has 0 unspecified atom stereocenters. The summed E-state index contributed by atoms with van der Waals surface area (Å²) in [5.41, 5.74) is 1.000. The van der Waals surface area contributed by atoms with Crippen LogP contribution in [0.1, 0.15) is 12.0 Å². The van der Waals surface area contributed by atoms with Crippen LogP contribution in [0.15, 0.2) is 30.3 Å². The van der Waals surface area contributed by atoms with E-state index in [2.05, 4.69) is 10.2 Å². The quantitative estimate of drug-likeness (QED) is 0.799. The Balaban J connectivity index is 1.62. The van der Waals surface area contributed by atoms with Gasteiger partial charge in [-0.05, 0) is 6.07 Å². The van der Waals surface area contributed by atoms with Gasteiger partial charge in [-0.1, -0.05) is 30.4 Å². The molecule has 2 aliphatic rings. The molecule has 0 saturated carbocycles. The summed E-state index contributed by atoms with van der Waals surface area (Å²) in [7, 11) is 1.66. The number of ether oxygens (including phenoxy) is 1. The highest BCUT2D eigenvalue weighted by Gasteiger charge is 2.32. The number of nitrogens with one attached hydrogen (secondary N) is 1. The Kier molecular flexibility index (Phi) is 7.18. The van der Waals surface area contributed by atoms with Crippen molar-refractivity contribution in [1.29, 1.82) is 0 Å². The van der Waals surface area contributed by atoms with Gasteiger partial charge < -0.3 is 15.0 Å². The van der Waals surface area contributed by atoms with Gasteiger partial charge in [0, 0.05) is 49.8 Å². The lowest BCUT2D eigenvalue weighted by atomic mass is 10.1. The highest BCUT2D eigenvalue weighted by atomic mass is 32.2. The molecule has 2 amide bonds. The Morgan fingerprint density at radius 2 is 2.07 bits per heavy atom. The lowest BCUT2D eigenvalue weighted by Gasteiger charge is -2.35. The van der Waals surface area contributed by atoms with Gasteiger partial charge in [0.15, 0.2) is 0 Å². The van der Waals surface area contributed by atoms with Gasteiger partial charge in [0.05, 0.1) is 19.6 Å². The molecule has 146 valence electrons. The predicted octanol–water partition coefficient (Wildman–Crippen LogP) is 1.47. The second kappa shape index (κ2) is 9.80. The number of rotatable bonds is 6. The number of nitrogens with zero attached hydrogens (tertiary/aromatic N) is 2. The van der Waals surface area contributed by atoms with Crippen molar-refractivity contribution in [3.05, 3.63) is 35.9 Å². The van der Waals surface area contributed by atoms with Gasteiger partial charge in [-0.25, -0.2) is 0 Å². The highest BCUT2D eigenvalue weighted by Crippen LogP contribution is 2.19. The monoisotopic (exact) mass is 389 g/mol. The molecule has 1 atom stereocenters. The van der Waals surface area contributed by atoms with E-state index in [0.29, 0.717) is 13.1 Å². The van der Waals surface area contributed by atoms with E-state index in [4.69, 9.17) is 4.74 Å². The van der Waals surface area contributed by atoms with E-state index in [1.807, 2.05) is 53.1 Å². The maximum absolute atomic E-state index is 12.6. The molecule has 0 aromatic heterocycles. The number of para-hydroxylation sites is 1. The molecule has 2 heterocycles. The number of benzene rings is 1. The summed E-state index contributed by atoms with van der Waals surface area (Å²) < 4.78 is 5.36. The summed E-state index contributed by atoms with van der Waals surface area (Å²) >= 11 is 1.87. The lowest BCUT2D eigenvalue weighted by Crippen LogP contribution is -2.56. The fourth-order valence-electron chi connectivity index (χ4n) is 3.43. The van der Waals surface area contributed by atoms with Gasteiger partial charge >= 0.3 is 0 Å². The fourth-order valence-corrected chi connectivity index (χ4v) is 4.33. The summed E-state index contributed by atoms with van der Waals surface area (Å²) in [6, 6.07) is 7.42. The van der Waals surface area contributed by atoms with Crippen LogP contribution in [0.4, 0.5) is 0 Å². The number of methoxy groups -OCH3 is 1. The van der Waals surface area contributed by atoms with E-state index in [1.54, 1.807) is 7.11 Å². The largest absolute Gasteiger partial charge is 0.496 e. The van der Waals surface area contributed by atoms with Crippen LogP contribution in [0.2, 0.25) is 0 Å². The fraction of sp³-hybridized carbons (Fsp3) is 0.500. The van der Waals surface area contributed by atoms with Crippen molar-refractivity contribution in [2.24, 2.45) is 0 Å². The van der Waals surface area contributed by atoms with E-state index in [9.17, 15) is 9.59 Å². The maximum atomic E-state index is 12.6. The summed E-state index contributed by atoms with van der Waals surface area (Å²) in [5.74, 6) is 2.81. The van der Waals surface area contributed by atoms with Crippen molar-refractivity contribution in [1.82, 2.24) is 15.1 Å². The Hall–Kier alpha value is -1.99. The molecule has 2 saturated heterocycles. The minimum atomic E-state index is -0.400. The van der Waals surface area contributed by atoms with Gasteiger partial charge in [0.1, 0.15) is 5.75 Å². The molecule has 1 N–H and O–H groups in total. The van der Waals surface area contributed by atoms with Gasteiger partial charge in [-0.15, -0.1) is 0 Å². The SMILES string of the molecule is COc1ccccc1/C=C/CN1CCNC(=O)[C@H]1CC(=O)N1CCSCC1. The summed E-state index contributed by atoms with van der Waals surface area (Å²) in [6.45, 7) is 3.55. The zero-order valence-corrected chi connectivity index (χ0v) is 16.5. The first-order valence-electron chi connectivity index (χ1n) is 9.36. The predicted molar refractivity (Wildman–Crippen MR) is 109 cm³/mol. The third kappa shape index (κ3) is 5.26. The molecule has 1 aromatic rings. The Morgan fingerprint density at radius 1 is 1.30 bits per heavy atom. The number of hydrogen-bond donors (Lipinski definition) is 1. The van der Waals surface area contributed by atoms with Crippen LogP contribution >= 0.6 is 11.8 Å². The second-order valence-corrected chi connectivity index (χ2v) is 7.87. The average Bonchev–Trinajstić information content (AvgIpc) is 2.71. The van der Waals surface area contributed by atoms with Crippen molar-refractivity contribution >= 4 is 29.7 Å². The molecule has 0 aliphatic carbocycles. The Labute approximate surface area is 164 Å². The molecule has 0 spiro atoms. The zero-order chi connectivity index (χ0) is 19.1. The molecular weight excluding hydrogens is 362 g/mol. The first kappa shape index (κ1) is 19.8. The van der Waals surface area contributed by atoms with Crippen molar-refractivity contribution in [3.8, 4) is 5.75 Å². The molecule has 2 aliphatic heterocycles. The Bertz CT molecular complexity index is 689. The third-order valence-electron chi connectivity index (χ3n) is 4.95. The summed E-state index contributed by atoms with van der Waals surface area (Å²) in [6.07, 6.45) is 4.29. The average molecular weight is 390 g/mol. The van der Waals surface area contributed by atoms with Crippen LogP contribution < -0.4 is 10.1 Å². The van der Waals surface area contributed by atoms with Gasteiger partial charge in [-0.2, -0.15) is 11.8 Å². The van der Waals surface area contributed by atoms with Crippen LogP contribution in [0.25, 0.3) is 6.08 Å². The number of carbonyl (C=O) groups is 2. The summed E-state index contributed by atoms with van der Waals surface area (Å²) in [5, 5.41) is 2.90. The number of thioether (sulfide) groups is 1. The number of amides is 2. The van der Waals surface area contributed by atoms with Crippen molar-refractivity contribution < 1.29 is 14.3 Å². The van der Waals surface area contributed by atoms with E-state index in [1.165, 1.54) is 0 Å². The molecule has 0 radical (unpaired) electrons. The highest BCUT2D eigenvalue weighted by molar-refractivity contribution is 7.99. The van der Waals surface area contributed by atoms with E-state index >= 15 is 0 Å². The minimum absolute atomic E-state index is 0.0494. The van der Waals surface area contributed by atoms with Crippen molar-refractivity contribution in [2.45, 2.75) is 12.5 Å². The molecule has 1 aromatic carbocycles. The number of carbonyl (C=O) groups excluding carboxylic acids is 2. The minimum Gasteiger partial charge on any atom is -0.496 e. The Morgan fingerprint density at radius 3 is 2.85 bits per heavy atom. The first-order chi connectivity index (χ1) is 13.2. The molecule has 2 fully saturated rings. The van der Waals surface area contributed by atoms with E-state index in [0.717, 1.165) is 42.5 Å². The van der Waals surface area contributed by atoms with Crippen LogP contribution in [0, 0.1) is 0 Å². The first-order valence-corrected chi connectivity index (χ1v) is 10.5. The van der Waals surface area contributed by atoms with Gasteiger partial charge in [-0.3, -0.25) is 14.5 Å². The lowest BCUT2D eigenvalue weighted by molar-refractivity contribution is -0.138. The number of piperazine rings is 1. The molecule has 6 nitrogen and oxygen atoms in total. The topological polar surface area (TPSA) is 61.9 Å². The number of hydrogen-bond acceptors (Lipinski definition) is 5. The molecule has 27 heavy (non-hydrogen) atoms. The molecule has 0 bridgehead atoms. The van der Waals surface area contributed by atoms with E-state index < -0.39 is 6.04 Å². The smallest absolute Gasteiger partial charge is 0.237 e. The van der Waals surface area contributed by atoms with Gasteiger partial charge in [0.2, 0.25) is 11.8 Å². The van der Waals surface area contributed by atoms with Crippen molar-refractivity contribution in [2.75, 3.05) is 51.3 Å². The normalized spacial score (nSPS) is 21.3. The van der Waals surface area contributed by atoms with Crippen LogP contribution in [0.5, 0.6) is 5.75 Å². The van der Waals surface area contributed by atoms with Crippen LogP contribution in [-0.4, -0.2) is 79.0 Å². The molecule has 7 heteroatoms. The van der Waals surface area contributed by atoms with E-state index in [-0.39, 0.29) is 18.2 Å². The molecule has 3 rings (SSSR count). The van der Waals surface area contributed by atoms with Crippen LogP contribution in [-0.2, 0) is 9.59 Å². The second-order valence-electron chi connectivity index (χ2n) is 6.64. The van der Waals surface area contributed by atoms with Crippen molar-refractivity contribution in [3.63, 3.8) is 0 Å². The zero-order valence-electron chi connectivity index (χ0n) is 15.7. The molecular formula is C20H27N3O3S.